The van der Waals surface area contributed by atoms with Gasteiger partial charge >= 0.3 is 0 Å². The number of hydrogen-bond donors (Lipinski definition) is 1. The number of amides is 1. The summed E-state index contributed by atoms with van der Waals surface area (Å²) in [6.45, 7) is 0.684. The fourth-order valence-corrected chi connectivity index (χ4v) is 5.35. The van der Waals surface area contributed by atoms with Crippen LogP contribution in [0.15, 0.2) is 59.5 Å². The van der Waals surface area contributed by atoms with Gasteiger partial charge in [-0.1, -0.05) is 24.3 Å². The van der Waals surface area contributed by atoms with Gasteiger partial charge in [-0.2, -0.15) is 0 Å². The molecule has 142 valence electrons. The summed E-state index contributed by atoms with van der Waals surface area (Å²) in [5.74, 6) is 0.0848. The minimum atomic E-state index is -3.72. The first-order chi connectivity index (χ1) is 13.5. The third-order valence-electron chi connectivity index (χ3n) is 5.65. The van der Waals surface area contributed by atoms with Crippen LogP contribution in [-0.4, -0.2) is 20.9 Å². The van der Waals surface area contributed by atoms with Gasteiger partial charge in [0.15, 0.2) is 0 Å². The summed E-state index contributed by atoms with van der Waals surface area (Å²) in [5, 5.41) is 2.11. The predicted molar refractivity (Wildman–Crippen MR) is 110 cm³/mol. The number of anilines is 2. The molecule has 1 heterocycles. The average molecular weight is 392 g/mol. The Hall–Kier alpha value is -2.86. The maximum Gasteiger partial charge on any atom is 0.261 e. The summed E-state index contributed by atoms with van der Waals surface area (Å²) in [4.78, 5) is 13.8. The Morgan fingerprint density at radius 3 is 2.32 bits per heavy atom. The van der Waals surface area contributed by atoms with Crippen molar-refractivity contribution >= 4 is 38.1 Å². The Bertz CT molecular complexity index is 1190. The number of aryl methyl sites for hydroxylation is 2. The lowest BCUT2D eigenvalue weighted by atomic mass is 10.0. The molecule has 0 unspecified atom stereocenters. The second kappa shape index (κ2) is 6.34. The first-order valence-electron chi connectivity index (χ1n) is 9.50. The molecule has 1 N–H and O–H groups in total. The van der Waals surface area contributed by atoms with Crippen LogP contribution in [0.1, 0.15) is 24.0 Å². The van der Waals surface area contributed by atoms with Crippen molar-refractivity contribution in [2.24, 2.45) is 0 Å². The maximum absolute atomic E-state index is 12.9. The van der Waals surface area contributed by atoms with Gasteiger partial charge in [0.05, 0.1) is 10.6 Å². The van der Waals surface area contributed by atoms with Gasteiger partial charge in [0.25, 0.3) is 10.0 Å². The van der Waals surface area contributed by atoms with E-state index in [1.165, 1.54) is 16.5 Å². The van der Waals surface area contributed by atoms with Gasteiger partial charge in [-0.3, -0.25) is 9.52 Å². The van der Waals surface area contributed by atoms with E-state index in [1.807, 2.05) is 24.3 Å². The van der Waals surface area contributed by atoms with Gasteiger partial charge in [0.2, 0.25) is 5.91 Å². The van der Waals surface area contributed by atoms with Crippen LogP contribution >= 0.6 is 0 Å². The standard InChI is InChI=1S/C22H20N2O3S/c25-21-5-2-14-24(21)17-9-11-18(12-10-17)28(26,27)23-20-13-8-16-7-6-15-3-1-4-19(20)22(15)16/h1,3-4,8-13,23H,2,5-7,14H2. The zero-order chi connectivity index (χ0) is 19.3. The molecule has 0 atom stereocenters. The second-order valence-corrected chi connectivity index (χ2v) is 9.04. The summed E-state index contributed by atoms with van der Waals surface area (Å²) in [6.07, 6.45) is 3.39. The fraction of sp³-hybridized carbons (Fsp3) is 0.227. The van der Waals surface area contributed by atoms with E-state index >= 15 is 0 Å². The van der Waals surface area contributed by atoms with Crippen molar-refractivity contribution in [3.8, 4) is 0 Å². The van der Waals surface area contributed by atoms with E-state index in [1.54, 1.807) is 29.2 Å². The molecule has 0 spiro atoms. The molecule has 6 heteroatoms. The van der Waals surface area contributed by atoms with Gasteiger partial charge in [0.1, 0.15) is 0 Å². The number of nitrogens with one attached hydrogen (secondary N) is 1. The van der Waals surface area contributed by atoms with Gasteiger partial charge < -0.3 is 4.90 Å². The molecule has 0 radical (unpaired) electrons. The van der Waals surface area contributed by atoms with Crippen molar-refractivity contribution in [2.75, 3.05) is 16.2 Å². The van der Waals surface area contributed by atoms with Crippen LogP contribution in [0, 0.1) is 0 Å². The molecule has 0 aromatic heterocycles. The van der Waals surface area contributed by atoms with E-state index in [0.29, 0.717) is 18.7 Å². The minimum Gasteiger partial charge on any atom is -0.312 e. The molecule has 0 saturated carbocycles. The molecule has 28 heavy (non-hydrogen) atoms. The molecule has 1 amide bonds. The molecule has 1 fully saturated rings. The van der Waals surface area contributed by atoms with E-state index in [9.17, 15) is 13.2 Å². The molecule has 1 aliphatic carbocycles. The number of rotatable bonds is 4. The van der Waals surface area contributed by atoms with Crippen LogP contribution in [0.2, 0.25) is 0 Å². The maximum atomic E-state index is 12.9. The smallest absolute Gasteiger partial charge is 0.261 e. The van der Waals surface area contributed by atoms with Crippen LogP contribution in [-0.2, 0) is 27.7 Å². The third kappa shape index (κ3) is 2.76. The lowest BCUT2D eigenvalue weighted by molar-refractivity contribution is -0.117. The topological polar surface area (TPSA) is 66.5 Å². The van der Waals surface area contributed by atoms with Crippen LogP contribution in [0.3, 0.4) is 0 Å². The summed E-state index contributed by atoms with van der Waals surface area (Å²) in [7, 11) is -3.72. The highest BCUT2D eigenvalue weighted by molar-refractivity contribution is 7.92. The summed E-state index contributed by atoms with van der Waals surface area (Å²) in [5.41, 5.74) is 3.88. The minimum absolute atomic E-state index is 0.0848. The van der Waals surface area contributed by atoms with Gasteiger partial charge in [-0.15, -0.1) is 0 Å². The zero-order valence-corrected chi connectivity index (χ0v) is 16.1. The van der Waals surface area contributed by atoms with E-state index in [0.717, 1.165) is 30.3 Å². The van der Waals surface area contributed by atoms with Crippen LogP contribution in [0.25, 0.3) is 10.8 Å². The van der Waals surface area contributed by atoms with E-state index in [-0.39, 0.29) is 10.8 Å². The molecule has 5 nitrogen and oxygen atoms in total. The molecule has 5 rings (SSSR count). The Balaban J connectivity index is 1.47. The fourth-order valence-electron chi connectivity index (χ4n) is 4.27. The van der Waals surface area contributed by atoms with Crippen molar-refractivity contribution < 1.29 is 13.2 Å². The van der Waals surface area contributed by atoms with Crippen molar-refractivity contribution in [3.63, 3.8) is 0 Å². The highest BCUT2D eigenvalue weighted by atomic mass is 32.2. The quantitative estimate of drug-likeness (QED) is 0.733. The molecule has 1 aliphatic heterocycles. The predicted octanol–water partition coefficient (Wildman–Crippen LogP) is 3.87. The molecule has 3 aromatic carbocycles. The summed E-state index contributed by atoms with van der Waals surface area (Å²) < 4.78 is 28.6. The Kier molecular flexibility index (Phi) is 3.91. The second-order valence-electron chi connectivity index (χ2n) is 7.36. The van der Waals surface area contributed by atoms with E-state index in [4.69, 9.17) is 0 Å². The van der Waals surface area contributed by atoms with Crippen molar-refractivity contribution in [1.29, 1.82) is 0 Å². The molecule has 0 bridgehead atoms. The largest absolute Gasteiger partial charge is 0.312 e. The number of carbonyl (C=O) groups is 1. The average Bonchev–Trinajstić information content (AvgIpc) is 3.31. The highest BCUT2D eigenvalue weighted by Gasteiger charge is 2.23. The lowest BCUT2D eigenvalue weighted by Crippen LogP contribution is -2.23. The first kappa shape index (κ1) is 17.3. The lowest BCUT2D eigenvalue weighted by Gasteiger charge is -2.16. The third-order valence-corrected chi connectivity index (χ3v) is 7.03. The number of hydrogen-bond acceptors (Lipinski definition) is 3. The van der Waals surface area contributed by atoms with Gasteiger partial charge in [-0.25, -0.2) is 8.42 Å². The molecule has 2 aliphatic rings. The van der Waals surface area contributed by atoms with E-state index in [2.05, 4.69) is 10.8 Å². The Labute approximate surface area is 164 Å². The Morgan fingerprint density at radius 1 is 0.857 bits per heavy atom. The number of nitrogens with zero attached hydrogens (tertiary/aromatic N) is 1. The van der Waals surface area contributed by atoms with Crippen molar-refractivity contribution in [3.05, 3.63) is 65.7 Å². The highest BCUT2D eigenvalue weighted by Crippen LogP contribution is 2.36. The van der Waals surface area contributed by atoms with Gasteiger partial charge in [0, 0.05) is 24.0 Å². The van der Waals surface area contributed by atoms with Crippen LogP contribution in [0.4, 0.5) is 11.4 Å². The SMILES string of the molecule is O=C1CCCN1c1ccc(S(=O)(=O)Nc2ccc3c4c(cccc24)CC3)cc1. The summed E-state index contributed by atoms with van der Waals surface area (Å²) in [6, 6.07) is 16.4. The molecule has 1 saturated heterocycles. The number of carbonyl (C=O) groups excluding carboxylic acids is 1. The van der Waals surface area contributed by atoms with Crippen molar-refractivity contribution in [1.82, 2.24) is 0 Å². The molecular formula is C22H20N2O3S. The zero-order valence-electron chi connectivity index (χ0n) is 15.3. The van der Waals surface area contributed by atoms with Gasteiger partial charge in [-0.05, 0) is 66.1 Å². The van der Waals surface area contributed by atoms with Crippen molar-refractivity contribution in [2.45, 2.75) is 30.6 Å². The normalized spacial score (nSPS) is 16.1. The van der Waals surface area contributed by atoms with Crippen LogP contribution in [0.5, 0.6) is 0 Å². The monoisotopic (exact) mass is 392 g/mol. The Morgan fingerprint density at radius 2 is 1.61 bits per heavy atom. The van der Waals surface area contributed by atoms with Crippen LogP contribution < -0.4 is 9.62 Å². The number of benzene rings is 3. The van der Waals surface area contributed by atoms with E-state index < -0.39 is 10.0 Å². The molecule has 3 aromatic rings. The first-order valence-corrected chi connectivity index (χ1v) is 11.0. The number of sulfonamides is 1. The molecular weight excluding hydrogens is 372 g/mol. The summed E-state index contributed by atoms with van der Waals surface area (Å²) >= 11 is 0.